The largest absolute Gasteiger partial charge is 0.478 e. The summed E-state index contributed by atoms with van der Waals surface area (Å²) in [5.41, 5.74) is 0.375. The van der Waals surface area contributed by atoms with Crippen LogP contribution in [0.1, 0.15) is 33.9 Å². The van der Waals surface area contributed by atoms with Crippen molar-refractivity contribution in [1.82, 2.24) is 4.31 Å². The molecule has 1 heterocycles. The van der Waals surface area contributed by atoms with Crippen LogP contribution in [-0.4, -0.2) is 42.8 Å². The topological polar surface area (TPSA) is 104 Å². The van der Waals surface area contributed by atoms with Crippen molar-refractivity contribution in [3.8, 4) is 0 Å². The number of rotatable bonds is 7. The highest BCUT2D eigenvalue weighted by atomic mass is 32.2. The van der Waals surface area contributed by atoms with Crippen molar-refractivity contribution in [3.05, 3.63) is 46.2 Å². The number of anilines is 1. The summed E-state index contributed by atoms with van der Waals surface area (Å²) in [7, 11) is -3.62. The van der Waals surface area contributed by atoms with Crippen molar-refractivity contribution in [2.24, 2.45) is 0 Å². The molecule has 0 aliphatic rings. The van der Waals surface area contributed by atoms with Crippen molar-refractivity contribution >= 4 is 38.9 Å². The van der Waals surface area contributed by atoms with Gasteiger partial charge in [-0.3, -0.25) is 4.79 Å². The molecule has 2 aromatic rings. The second kappa shape index (κ2) is 7.77. The molecule has 0 unspecified atom stereocenters. The molecule has 0 spiro atoms. The maximum absolute atomic E-state index is 12.4. The van der Waals surface area contributed by atoms with E-state index in [1.807, 2.05) is 0 Å². The normalized spacial score (nSPS) is 11.5. The quantitative estimate of drug-likeness (QED) is 0.766. The Bertz CT molecular complexity index is 885. The number of hydrogen-bond acceptors (Lipinski definition) is 5. The van der Waals surface area contributed by atoms with Crippen LogP contribution in [0, 0.1) is 0 Å². The third kappa shape index (κ3) is 4.25. The highest BCUT2D eigenvalue weighted by Gasteiger charge is 2.24. The lowest BCUT2D eigenvalue weighted by molar-refractivity contribution is 0.0696. The Morgan fingerprint density at radius 2 is 1.88 bits per heavy atom. The third-order valence-corrected chi connectivity index (χ3v) is 6.62. The fourth-order valence-corrected chi connectivity index (χ4v) is 4.82. The van der Waals surface area contributed by atoms with Crippen LogP contribution in [0.4, 0.5) is 5.69 Å². The van der Waals surface area contributed by atoms with Gasteiger partial charge in [0.2, 0.25) is 10.0 Å². The molecule has 9 heteroatoms. The second-order valence-electron chi connectivity index (χ2n) is 5.08. The Morgan fingerprint density at radius 3 is 2.48 bits per heavy atom. The fourth-order valence-electron chi connectivity index (χ4n) is 2.21. The first-order chi connectivity index (χ1) is 11.8. The number of carboxylic acid groups (broad SMARTS) is 1. The van der Waals surface area contributed by atoms with Crippen molar-refractivity contribution < 1.29 is 23.1 Å². The molecule has 0 atom stereocenters. The fraction of sp³-hybridized carbons (Fsp3) is 0.250. The van der Waals surface area contributed by atoms with Crippen molar-refractivity contribution in [2.75, 3.05) is 18.4 Å². The van der Waals surface area contributed by atoms with Gasteiger partial charge in [-0.15, -0.1) is 11.3 Å². The number of sulfonamides is 1. The molecule has 7 nitrogen and oxygen atoms in total. The summed E-state index contributed by atoms with van der Waals surface area (Å²) >= 11 is 1.02. The standard InChI is InChI=1S/C16H18N2O5S2/c1-3-18(4-2)25(22,23)13-9-14(24-10-13)15(19)17-12-7-5-6-11(8-12)16(20)21/h5-10H,3-4H2,1-2H3,(H,17,19)(H,20,21). The van der Waals surface area contributed by atoms with Gasteiger partial charge in [0.25, 0.3) is 5.91 Å². The minimum absolute atomic E-state index is 0.0498. The van der Waals surface area contributed by atoms with Crippen LogP contribution < -0.4 is 5.32 Å². The van der Waals surface area contributed by atoms with Gasteiger partial charge >= 0.3 is 5.97 Å². The lowest BCUT2D eigenvalue weighted by Crippen LogP contribution is -2.30. The molecule has 2 N–H and O–H groups in total. The molecule has 1 aromatic heterocycles. The van der Waals surface area contributed by atoms with E-state index in [1.165, 1.54) is 34.0 Å². The summed E-state index contributed by atoms with van der Waals surface area (Å²) in [6.07, 6.45) is 0. The van der Waals surface area contributed by atoms with Gasteiger partial charge < -0.3 is 10.4 Å². The number of nitrogens with one attached hydrogen (secondary N) is 1. The first kappa shape index (κ1) is 19.1. The van der Waals surface area contributed by atoms with Gasteiger partial charge in [0, 0.05) is 24.2 Å². The second-order valence-corrected chi connectivity index (χ2v) is 7.93. The van der Waals surface area contributed by atoms with E-state index in [4.69, 9.17) is 5.11 Å². The van der Waals surface area contributed by atoms with Crippen LogP contribution in [0.3, 0.4) is 0 Å². The Hall–Kier alpha value is -2.23. The summed E-state index contributed by atoms with van der Waals surface area (Å²) in [6, 6.07) is 7.16. The van der Waals surface area contributed by atoms with Crippen LogP contribution in [0.25, 0.3) is 0 Å². The zero-order valence-electron chi connectivity index (χ0n) is 13.7. The Balaban J connectivity index is 2.21. The smallest absolute Gasteiger partial charge is 0.335 e. The summed E-state index contributed by atoms with van der Waals surface area (Å²) in [5, 5.41) is 13.0. The van der Waals surface area contributed by atoms with Gasteiger partial charge in [-0.05, 0) is 24.3 Å². The molecular weight excluding hydrogens is 364 g/mol. The lowest BCUT2D eigenvalue weighted by atomic mass is 10.2. The van der Waals surface area contributed by atoms with Crippen LogP contribution >= 0.6 is 11.3 Å². The molecule has 1 amide bonds. The maximum Gasteiger partial charge on any atom is 0.335 e. The molecular formula is C16H18N2O5S2. The van der Waals surface area contributed by atoms with Crippen LogP contribution in [-0.2, 0) is 10.0 Å². The molecule has 0 bridgehead atoms. The number of amides is 1. The SMILES string of the molecule is CCN(CC)S(=O)(=O)c1csc(C(=O)Nc2cccc(C(=O)O)c2)c1. The third-order valence-electron chi connectivity index (χ3n) is 3.51. The zero-order chi connectivity index (χ0) is 18.6. The van der Waals surface area contributed by atoms with Crippen molar-refractivity contribution in [1.29, 1.82) is 0 Å². The summed E-state index contributed by atoms with van der Waals surface area (Å²) < 4.78 is 26.2. The zero-order valence-corrected chi connectivity index (χ0v) is 15.4. The number of carbonyl (C=O) groups excluding carboxylic acids is 1. The molecule has 0 saturated carbocycles. The van der Waals surface area contributed by atoms with Gasteiger partial charge in [0.1, 0.15) is 0 Å². The summed E-state index contributed by atoms with van der Waals surface area (Å²) in [6.45, 7) is 4.18. The average Bonchev–Trinajstić information content (AvgIpc) is 3.07. The van der Waals surface area contributed by atoms with E-state index in [1.54, 1.807) is 19.9 Å². The van der Waals surface area contributed by atoms with E-state index >= 15 is 0 Å². The monoisotopic (exact) mass is 382 g/mol. The molecule has 2 rings (SSSR count). The van der Waals surface area contributed by atoms with E-state index in [9.17, 15) is 18.0 Å². The van der Waals surface area contributed by atoms with Gasteiger partial charge in [-0.2, -0.15) is 4.31 Å². The van der Waals surface area contributed by atoms with E-state index in [2.05, 4.69) is 5.32 Å². The number of aromatic carboxylic acids is 1. The number of thiophene rings is 1. The van der Waals surface area contributed by atoms with E-state index < -0.39 is 21.9 Å². The molecule has 134 valence electrons. The molecule has 0 saturated heterocycles. The number of benzene rings is 1. The molecule has 0 fully saturated rings. The molecule has 25 heavy (non-hydrogen) atoms. The number of nitrogens with zero attached hydrogens (tertiary/aromatic N) is 1. The molecule has 0 aliphatic heterocycles. The van der Waals surface area contributed by atoms with Crippen LogP contribution in [0.2, 0.25) is 0 Å². The Kier molecular flexibility index (Phi) is 5.93. The van der Waals surface area contributed by atoms with Crippen molar-refractivity contribution in [2.45, 2.75) is 18.7 Å². The predicted molar refractivity (Wildman–Crippen MR) is 95.8 cm³/mol. The predicted octanol–water partition coefficient (Wildman–Crippen LogP) is 2.73. The number of carboxylic acids is 1. The van der Waals surface area contributed by atoms with Gasteiger partial charge in [0.15, 0.2) is 0 Å². The Labute approximate surface area is 150 Å². The minimum Gasteiger partial charge on any atom is -0.478 e. The molecule has 0 radical (unpaired) electrons. The minimum atomic E-state index is -3.62. The highest BCUT2D eigenvalue weighted by molar-refractivity contribution is 7.89. The van der Waals surface area contributed by atoms with Crippen LogP contribution in [0.15, 0.2) is 40.6 Å². The van der Waals surface area contributed by atoms with Crippen LogP contribution in [0.5, 0.6) is 0 Å². The Morgan fingerprint density at radius 1 is 1.20 bits per heavy atom. The van der Waals surface area contributed by atoms with Gasteiger partial charge in [-0.1, -0.05) is 19.9 Å². The summed E-state index contributed by atoms with van der Waals surface area (Å²) in [4.78, 5) is 23.6. The van der Waals surface area contributed by atoms with E-state index in [0.717, 1.165) is 11.3 Å². The van der Waals surface area contributed by atoms with E-state index in [0.29, 0.717) is 18.8 Å². The molecule has 0 aliphatic carbocycles. The van der Waals surface area contributed by atoms with Gasteiger partial charge in [0.05, 0.1) is 15.3 Å². The van der Waals surface area contributed by atoms with E-state index in [-0.39, 0.29) is 15.3 Å². The maximum atomic E-state index is 12.4. The molecule has 1 aromatic carbocycles. The van der Waals surface area contributed by atoms with Crippen molar-refractivity contribution in [3.63, 3.8) is 0 Å². The average molecular weight is 382 g/mol. The first-order valence-corrected chi connectivity index (χ1v) is 9.85. The lowest BCUT2D eigenvalue weighted by Gasteiger charge is -2.17. The number of hydrogen-bond donors (Lipinski definition) is 2. The highest BCUT2D eigenvalue weighted by Crippen LogP contribution is 2.23. The number of carbonyl (C=O) groups is 2. The first-order valence-electron chi connectivity index (χ1n) is 7.53. The van der Waals surface area contributed by atoms with Gasteiger partial charge in [-0.25, -0.2) is 13.2 Å². The summed E-state index contributed by atoms with van der Waals surface area (Å²) in [5.74, 6) is -1.59.